The number of nitrogens with two attached hydrogens (primary N) is 1. The molecule has 6 heteroatoms. The fourth-order valence-corrected chi connectivity index (χ4v) is 2.70. The first-order chi connectivity index (χ1) is 10.1. The van der Waals surface area contributed by atoms with E-state index in [4.69, 9.17) is 10.3 Å². The van der Waals surface area contributed by atoms with Crippen molar-refractivity contribution in [3.05, 3.63) is 35.9 Å². The van der Waals surface area contributed by atoms with Crippen molar-refractivity contribution in [2.45, 2.75) is 38.4 Å². The van der Waals surface area contributed by atoms with Gasteiger partial charge < -0.3 is 10.3 Å². The zero-order valence-electron chi connectivity index (χ0n) is 12.0. The van der Waals surface area contributed by atoms with Gasteiger partial charge in [0.15, 0.2) is 5.82 Å². The summed E-state index contributed by atoms with van der Waals surface area (Å²) in [6.45, 7) is 3.77. The fourth-order valence-electron chi connectivity index (χ4n) is 2.70. The van der Waals surface area contributed by atoms with Crippen LogP contribution >= 0.6 is 0 Å². The lowest BCUT2D eigenvalue weighted by Crippen LogP contribution is -2.45. The number of nitrogens with zero attached hydrogens (tertiary/aromatic N) is 3. The van der Waals surface area contributed by atoms with Crippen LogP contribution in [0.25, 0.3) is 11.5 Å². The summed E-state index contributed by atoms with van der Waals surface area (Å²) < 4.78 is 18.2. The molecule has 0 spiro atoms. The highest BCUT2D eigenvalue weighted by molar-refractivity contribution is 5.52. The molecule has 2 unspecified atom stereocenters. The van der Waals surface area contributed by atoms with Crippen LogP contribution in [0.5, 0.6) is 0 Å². The van der Waals surface area contributed by atoms with E-state index in [0.29, 0.717) is 24.3 Å². The Morgan fingerprint density at radius 1 is 1.38 bits per heavy atom. The van der Waals surface area contributed by atoms with Gasteiger partial charge in [0.1, 0.15) is 5.82 Å². The average Bonchev–Trinajstić information content (AvgIpc) is 2.91. The quantitative estimate of drug-likeness (QED) is 0.938. The molecule has 2 N–H and O–H groups in total. The third kappa shape index (κ3) is 3.28. The van der Waals surface area contributed by atoms with Gasteiger partial charge in [-0.15, -0.1) is 0 Å². The van der Waals surface area contributed by atoms with E-state index < -0.39 is 0 Å². The minimum absolute atomic E-state index is 0.281. The number of aromatic nitrogens is 2. The highest BCUT2D eigenvalue weighted by atomic mass is 19.1. The molecule has 21 heavy (non-hydrogen) atoms. The van der Waals surface area contributed by atoms with Gasteiger partial charge in [0, 0.05) is 24.2 Å². The molecule has 1 aliphatic rings. The van der Waals surface area contributed by atoms with E-state index in [2.05, 4.69) is 22.0 Å². The lowest BCUT2D eigenvalue weighted by molar-refractivity contribution is 0.135. The maximum atomic E-state index is 12.9. The fraction of sp³-hybridized carbons (Fsp3) is 0.467. The molecular formula is C15H19FN4O. The lowest BCUT2D eigenvalue weighted by atomic mass is 9.99. The summed E-state index contributed by atoms with van der Waals surface area (Å²) in [5, 5.41) is 4.01. The van der Waals surface area contributed by atoms with Gasteiger partial charge in [-0.3, -0.25) is 4.90 Å². The van der Waals surface area contributed by atoms with Gasteiger partial charge in [-0.1, -0.05) is 5.16 Å². The number of halogens is 1. The number of hydrogen-bond acceptors (Lipinski definition) is 5. The molecule has 1 aromatic heterocycles. The lowest BCUT2D eigenvalue weighted by Gasteiger charge is -2.35. The molecule has 2 atom stereocenters. The molecule has 0 saturated carbocycles. The Morgan fingerprint density at radius 2 is 2.14 bits per heavy atom. The molecule has 1 fully saturated rings. The van der Waals surface area contributed by atoms with E-state index >= 15 is 0 Å². The summed E-state index contributed by atoms with van der Waals surface area (Å²) in [4.78, 5) is 6.69. The Balaban J connectivity index is 1.69. The third-order valence-corrected chi connectivity index (χ3v) is 3.96. The number of hydrogen-bond donors (Lipinski definition) is 1. The minimum Gasteiger partial charge on any atom is -0.334 e. The van der Waals surface area contributed by atoms with Crippen molar-refractivity contribution >= 4 is 0 Å². The van der Waals surface area contributed by atoms with E-state index in [0.717, 1.165) is 24.9 Å². The molecule has 2 heterocycles. The van der Waals surface area contributed by atoms with Crippen LogP contribution in [0.15, 0.2) is 28.8 Å². The van der Waals surface area contributed by atoms with E-state index in [1.807, 2.05) is 0 Å². The van der Waals surface area contributed by atoms with Crippen LogP contribution in [-0.4, -0.2) is 33.7 Å². The average molecular weight is 290 g/mol. The molecule has 0 aliphatic carbocycles. The van der Waals surface area contributed by atoms with Crippen LogP contribution in [0.1, 0.15) is 25.6 Å². The standard InChI is InChI=1S/C15H19FN4O/c1-10-8-13(17)6-7-20(10)9-14-18-15(21-19-14)11-2-4-12(16)5-3-11/h2-5,10,13H,6-9,17H2,1H3. The van der Waals surface area contributed by atoms with E-state index in [9.17, 15) is 4.39 Å². The molecule has 0 bridgehead atoms. The first kappa shape index (κ1) is 14.2. The highest BCUT2D eigenvalue weighted by Crippen LogP contribution is 2.20. The Labute approximate surface area is 122 Å². The minimum atomic E-state index is -0.281. The summed E-state index contributed by atoms with van der Waals surface area (Å²) in [6, 6.07) is 6.74. The van der Waals surface area contributed by atoms with E-state index in [1.165, 1.54) is 12.1 Å². The normalized spacial score (nSPS) is 23.4. The maximum absolute atomic E-state index is 12.9. The molecule has 112 valence electrons. The van der Waals surface area contributed by atoms with Crippen molar-refractivity contribution < 1.29 is 8.91 Å². The first-order valence-electron chi connectivity index (χ1n) is 7.20. The molecule has 3 rings (SSSR count). The predicted molar refractivity (Wildman–Crippen MR) is 76.8 cm³/mol. The van der Waals surface area contributed by atoms with Crippen molar-refractivity contribution in [1.29, 1.82) is 0 Å². The Hall–Kier alpha value is -1.79. The topological polar surface area (TPSA) is 68.2 Å². The zero-order valence-corrected chi connectivity index (χ0v) is 12.0. The van der Waals surface area contributed by atoms with Crippen LogP contribution in [-0.2, 0) is 6.54 Å². The number of likely N-dealkylation sites (tertiary alicyclic amines) is 1. The number of benzene rings is 1. The highest BCUT2D eigenvalue weighted by Gasteiger charge is 2.24. The molecular weight excluding hydrogens is 271 g/mol. The van der Waals surface area contributed by atoms with E-state index in [-0.39, 0.29) is 11.9 Å². The second-order valence-corrected chi connectivity index (χ2v) is 5.63. The Bertz CT molecular complexity index is 598. The van der Waals surface area contributed by atoms with Gasteiger partial charge in [-0.05, 0) is 44.0 Å². The predicted octanol–water partition coefficient (Wildman–Crippen LogP) is 2.19. The van der Waals surface area contributed by atoms with Gasteiger partial charge in [-0.2, -0.15) is 4.98 Å². The van der Waals surface area contributed by atoms with Crippen LogP contribution in [0.2, 0.25) is 0 Å². The van der Waals surface area contributed by atoms with Crippen LogP contribution in [0.3, 0.4) is 0 Å². The summed E-state index contributed by atoms with van der Waals surface area (Å²) in [5.74, 6) is 0.792. The summed E-state index contributed by atoms with van der Waals surface area (Å²) in [5.41, 5.74) is 6.69. The van der Waals surface area contributed by atoms with Crippen molar-refractivity contribution in [3.8, 4) is 11.5 Å². The molecule has 1 aromatic carbocycles. The van der Waals surface area contributed by atoms with Crippen LogP contribution in [0, 0.1) is 5.82 Å². The van der Waals surface area contributed by atoms with Crippen molar-refractivity contribution in [1.82, 2.24) is 15.0 Å². The van der Waals surface area contributed by atoms with Crippen LogP contribution in [0.4, 0.5) is 4.39 Å². The molecule has 0 amide bonds. The zero-order chi connectivity index (χ0) is 14.8. The molecule has 2 aromatic rings. The third-order valence-electron chi connectivity index (χ3n) is 3.96. The summed E-state index contributed by atoms with van der Waals surface area (Å²) >= 11 is 0. The summed E-state index contributed by atoms with van der Waals surface area (Å²) in [7, 11) is 0. The second kappa shape index (κ2) is 5.91. The van der Waals surface area contributed by atoms with Crippen molar-refractivity contribution in [2.24, 2.45) is 5.73 Å². The monoisotopic (exact) mass is 290 g/mol. The van der Waals surface area contributed by atoms with Gasteiger partial charge >= 0.3 is 0 Å². The molecule has 1 aliphatic heterocycles. The van der Waals surface area contributed by atoms with Gasteiger partial charge in [0.05, 0.1) is 6.54 Å². The first-order valence-corrected chi connectivity index (χ1v) is 7.20. The SMILES string of the molecule is CC1CC(N)CCN1Cc1noc(-c2ccc(F)cc2)n1. The smallest absolute Gasteiger partial charge is 0.257 e. The van der Waals surface area contributed by atoms with Crippen LogP contribution < -0.4 is 5.73 Å². The number of piperidine rings is 1. The Kier molecular flexibility index (Phi) is 3.98. The Morgan fingerprint density at radius 3 is 2.86 bits per heavy atom. The maximum Gasteiger partial charge on any atom is 0.257 e. The van der Waals surface area contributed by atoms with Gasteiger partial charge in [0.2, 0.25) is 0 Å². The van der Waals surface area contributed by atoms with Gasteiger partial charge in [-0.25, -0.2) is 4.39 Å². The van der Waals surface area contributed by atoms with Crippen molar-refractivity contribution in [2.75, 3.05) is 6.54 Å². The molecule has 1 saturated heterocycles. The molecule has 0 radical (unpaired) electrons. The van der Waals surface area contributed by atoms with Gasteiger partial charge in [0.25, 0.3) is 5.89 Å². The largest absolute Gasteiger partial charge is 0.334 e. The molecule has 5 nitrogen and oxygen atoms in total. The number of rotatable bonds is 3. The summed E-state index contributed by atoms with van der Waals surface area (Å²) in [6.07, 6.45) is 1.98. The van der Waals surface area contributed by atoms with Crippen molar-refractivity contribution in [3.63, 3.8) is 0 Å². The van der Waals surface area contributed by atoms with E-state index in [1.54, 1.807) is 12.1 Å². The second-order valence-electron chi connectivity index (χ2n) is 5.63.